The SMILES string of the molecule is CCCCCOc1ccc(CN2C(=O)C(=O)c3cc(C)ccc32)cc1OC. The zero-order valence-electron chi connectivity index (χ0n) is 16.1. The lowest BCUT2D eigenvalue weighted by Crippen LogP contribution is -2.29. The number of Topliss-reactive ketones (excluding diaryl/α,β-unsaturated/α-hetero) is 1. The molecule has 0 spiro atoms. The van der Waals surface area contributed by atoms with Crippen LogP contribution in [0.15, 0.2) is 36.4 Å². The number of hydrogen-bond donors (Lipinski definition) is 0. The summed E-state index contributed by atoms with van der Waals surface area (Å²) in [5.74, 6) is 0.384. The minimum atomic E-state index is -0.491. The van der Waals surface area contributed by atoms with Crippen molar-refractivity contribution in [3.63, 3.8) is 0 Å². The van der Waals surface area contributed by atoms with Gasteiger partial charge in [-0.25, -0.2) is 0 Å². The fraction of sp³-hybridized carbons (Fsp3) is 0.364. The fourth-order valence-electron chi connectivity index (χ4n) is 3.22. The number of ketones is 1. The number of amides is 1. The maximum absolute atomic E-state index is 12.4. The van der Waals surface area contributed by atoms with Crippen molar-refractivity contribution in [3.8, 4) is 11.5 Å². The zero-order valence-corrected chi connectivity index (χ0v) is 16.1. The van der Waals surface area contributed by atoms with Crippen LogP contribution in [0.3, 0.4) is 0 Å². The number of hydrogen-bond acceptors (Lipinski definition) is 4. The average Bonchev–Trinajstić information content (AvgIpc) is 2.90. The first-order chi connectivity index (χ1) is 13.0. The molecule has 1 aliphatic rings. The molecule has 0 aromatic heterocycles. The summed E-state index contributed by atoms with van der Waals surface area (Å²) >= 11 is 0. The third-order valence-electron chi connectivity index (χ3n) is 4.70. The maximum atomic E-state index is 12.4. The number of anilines is 1. The van der Waals surface area contributed by atoms with Crippen LogP contribution in [0, 0.1) is 6.92 Å². The monoisotopic (exact) mass is 367 g/mol. The van der Waals surface area contributed by atoms with Crippen molar-refractivity contribution in [2.75, 3.05) is 18.6 Å². The Bertz CT molecular complexity index is 859. The average molecular weight is 367 g/mol. The summed E-state index contributed by atoms with van der Waals surface area (Å²) < 4.78 is 11.2. The van der Waals surface area contributed by atoms with Crippen LogP contribution in [0.25, 0.3) is 0 Å². The van der Waals surface area contributed by atoms with Gasteiger partial charge in [0.1, 0.15) is 0 Å². The molecular weight excluding hydrogens is 342 g/mol. The van der Waals surface area contributed by atoms with Crippen LogP contribution in [-0.4, -0.2) is 25.4 Å². The first kappa shape index (κ1) is 19.0. The van der Waals surface area contributed by atoms with Crippen LogP contribution in [0.1, 0.15) is 47.7 Å². The number of aryl methyl sites for hydroxylation is 1. The predicted molar refractivity (Wildman–Crippen MR) is 105 cm³/mol. The molecule has 0 saturated carbocycles. The molecule has 0 aliphatic carbocycles. The Labute approximate surface area is 159 Å². The highest BCUT2D eigenvalue weighted by Crippen LogP contribution is 2.33. The molecule has 2 aromatic carbocycles. The van der Waals surface area contributed by atoms with Crippen molar-refractivity contribution in [1.82, 2.24) is 0 Å². The summed E-state index contributed by atoms with van der Waals surface area (Å²) in [5, 5.41) is 0. The van der Waals surface area contributed by atoms with Crippen molar-refractivity contribution < 1.29 is 19.1 Å². The van der Waals surface area contributed by atoms with Gasteiger partial charge in [0.25, 0.3) is 11.7 Å². The second-order valence-electron chi connectivity index (χ2n) is 6.78. The van der Waals surface area contributed by atoms with E-state index < -0.39 is 11.7 Å². The van der Waals surface area contributed by atoms with Gasteiger partial charge >= 0.3 is 0 Å². The molecule has 2 aromatic rings. The summed E-state index contributed by atoms with van der Waals surface area (Å²) in [7, 11) is 1.60. The van der Waals surface area contributed by atoms with E-state index in [-0.39, 0.29) is 0 Å². The number of carbonyl (C=O) groups excluding carboxylic acids is 2. The smallest absolute Gasteiger partial charge is 0.299 e. The van der Waals surface area contributed by atoms with Crippen molar-refractivity contribution in [2.45, 2.75) is 39.7 Å². The summed E-state index contributed by atoms with van der Waals surface area (Å²) in [5.41, 5.74) is 2.97. The fourth-order valence-corrected chi connectivity index (χ4v) is 3.22. The van der Waals surface area contributed by atoms with Crippen LogP contribution in [0.4, 0.5) is 5.69 Å². The van der Waals surface area contributed by atoms with E-state index in [1.807, 2.05) is 37.3 Å². The molecule has 0 radical (unpaired) electrons. The molecule has 0 bridgehead atoms. The zero-order chi connectivity index (χ0) is 19.4. The van der Waals surface area contributed by atoms with E-state index in [9.17, 15) is 9.59 Å². The normalized spacial score (nSPS) is 13.1. The van der Waals surface area contributed by atoms with Crippen LogP contribution >= 0.6 is 0 Å². The first-order valence-corrected chi connectivity index (χ1v) is 9.31. The quantitative estimate of drug-likeness (QED) is 0.516. The molecule has 142 valence electrons. The Morgan fingerprint density at radius 2 is 1.81 bits per heavy atom. The third kappa shape index (κ3) is 3.97. The number of nitrogens with zero attached hydrogens (tertiary/aromatic N) is 1. The van der Waals surface area contributed by atoms with Gasteiger partial charge in [0.2, 0.25) is 0 Å². The highest BCUT2D eigenvalue weighted by molar-refractivity contribution is 6.52. The van der Waals surface area contributed by atoms with Crippen molar-refractivity contribution >= 4 is 17.4 Å². The molecule has 0 N–H and O–H groups in total. The van der Waals surface area contributed by atoms with E-state index in [2.05, 4.69) is 6.92 Å². The van der Waals surface area contributed by atoms with E-state index >= 15 is 0 Å². The molecule has 5 nitrogen and oxygen atoms in total. The summed E-state index contributed by atoms with van der Waals surface area (Å²) in [6.45, 7) is 5.02. The molecule has 0 unspecified atom stereocenters. The second kappa shape index (κ2) is 8.25. The molecule has 5 heteroatoms. The summed E-state index contributed by atoms with van der Waals surface area (Å²) in [6, 6.07) is 11.1. The van der Waals surface area contributed by atoms with E-state index in [0.29, 0.717) is 35.9 Å². The van der Waals surface area contributed by atoms with E-state index in [4.69, 9.17) is 9.47 Å². The Morgan fingerprint density at radius 1 is 1.00 bits per heavy atom. The number of rotatable bonds is 8. The highest BCUT2D eigenvalue weighted by Gasteiger charge is 2.35. The lowest BCUT2D eigenvalue weighted by atomic mass is 10.1. The topological polar surface area (TPSA) is 55.8 Å². The number of unbranched alkanes of at least 4 members (excludes halogenated alkanes) is 2. The summed E-state index contributed by atoms with van der Waals surface area (Å²) in [4.78, 5) is 26.2. The Morgan fingerprint density at radius 3 is 2.56 bits per heavy atom. The molecular formula is C22H25NO4. The Hall–Kier alpha value is -2.82. The molecule has 3 rings (SSSR count). The van der Waals surface area contributed by atoms with E-state index in [0.717, 1.165) is 30.4 Å². The predicted octanol–water partition coefficient (Wildman–Crippen LogP) is 4.30. The van der Waals surface area contributed by atoms with Gasteiger partial charge in [-0.15, -0.1) is 0 Å². The van der Waals surface area contributed by atoms with Gasteiger partial charge in [0.15, 0.2) is 11.5 Å². The van der Waals surface area contributed by atoms with Crippen LogP contribution < -0.4 is 14.4 Å². The first-order valence-electron chi connectivity index (χ1n) is 9.31. The van der Waals surface area contributed by atoms with E-state index in [1.165, 1.54) is 4.90 Å². The molecule has 0 atom stereocenters. The lowest BCUT2D eigenvalue weighted by molar-refractivity contribution is -0.114. The number of carbonyl (C=O) groups is 2. The Kier molecular flexibility index (Phi) is 5.79. The lowest BCUT2D eigenvalue weighted by Gasteiger charge is -2.18. The molecule has 1 heterocycles. The van der Waals surface area contributed by atoms with Crippen LogP contribution in [0.2, 0.25) is 0 Å². The van der Waals surface area contributed by atoms with Crippen molar-refractivity contribution in [3.05, 3.63) is 53.1 Å². The molecule has 0 fully saturated rings. The second-order valence-corrected chi connectivity index (χ2v) is 6.78. The standard InChI is InChI=1S/C22H25NO4/c1-4-5-6-11-27-19-10-8-16(13-20(19)26-3)14-23-18-9-7-15(2)12-17(18)21(24)22(23)25/h7-10,12-13H,4-6,11,14H2,1-3H3. The Balaban J connectivity index is 1.78. The van der Waals surface area contributed by atoms with Gasteiger partial charge in [-0.3, -0.25) is 9.59 Å². The number of benzene rings is 2. The number of ether oxygens (including phenoxy) is 2. The third-order valence-corrected chi connectivity index (χ3v) is 4.70. The van der Waals surface area contributed by atoms with Crippen LogP contribution in [0.5, 0.6) is 11.5 Å². The van der Waals surface area contributed by atoms with Gasteiger partial charge in [0, 0.05) is 0 Å². The maximum Gasteiger partial charge on any atom is 0.299 e. The van der Waals surface area contributed by atoms with Gasteiger partial charge in [-0.2, -0.15) is 0 Å². The minimum Gasteiger partial charge on any atom is -0.493 e. The van der Waals surface area contributed by atoms with Gasteiger partial charge < -0.3 is 14.4 Å². The highest BCUT2D eigenvalue weighted by atomic mass is 16.5. The van der Waals surface area contributed by atoms with Crippen molar-refractivity contribution in [2.24, 2.45) is 0 Å². The number of methoxy groups -OCH3 is 1. The largest absolute Gasteiger partial charge is 0.493 e. The molecule has 1 aliphatic heterocycles. The summed E-state index contributed by atoms with van der Waals surface area (Å²) in [6.07, 6.45) is 3.27. The minimum absolute atomic E-state index is 0.313. The molecule has 0 saturated heterocycles. The van der Waals surface area contributed by atoms with Crippen molar-refractivity contribution in [1.29, 1.82) is 0 Å². The number of fused-ring (bicyclic) bond motifs is 1. The van der Waals surface area contributed by atoms with Gasteiger partial charge in [-0.1, -0.05) is 37.5 Å². The van der Waals surface area contributed by atoms with Gasteiger partial charge in [-0.05, 0) is 43.2 Å². The van der Waals surface area contributed by atoms with Crippen LogP contribution in [-0.2, 0) is 11.3 Å². The molecule has 27 heavy (non-hydrogen) atoms. The van der Waals surface area contributed by atoms with Gasteiger partial charge in [0.05, 0.1) is 31.5 Å². The van der Waals surface area contributed by atoms with E-state index in [1.54, 1.807) is 13.2 Å². The molecule has 1 amide bonds.